The lowest BCUT2D eigenvalue weighted by Gasteiger charge is -2.19. The molecule has 0 unspecified atom stereocenters. The fraction of sp³-hybridized carbons (Fsp3) is 0.500. The Morgan fingerprint density at radius 2 is 2.00 bits per heavy atom. The summed E-state index contributed by atoms with van der Waals surface area (Å²) in [6, 6.07) is 2.81. The van der Waals surface area contributed by atoms with E-state index in [0.29, 0.717) is 5.56 Å². The molecule has 0 bridgehead atoms. The second-order valence-electron chi connectivity index (χ2n) is 4.30. The van der Waals surface area contributed by atoms with Crippen LogP contribution in [0.1, 0.15) is 31.1 Å². The highest BCUT2D eigenvalue weighted by atomic mass is 16.5. The molecule has 1 atom stereocenters. The first-order valence-electron chi connectivity index (χ1n) is 6.63. The van der Waals surface area contributed by atoms with Gasteiger partial charge >= 0.3 is 5.97 Å². The Hall–Kier alpha value is -2.11. The van der Waals surface area contributed by atoms with Crippen LogP contribution in [-0.2, 0) is 9.53 Å². The van der Waals surface area contributed by atoms with Crippen LogP contribution in [0, 0.1) is 0 Å². The predicted molar refractivity (Wildman–Crippen MR) is 76.7 cm³/mol. The Morgan fingerprint density at radius 1 is 1.35 bits per heavy atom. The molecule has 1 rings (SSSR count). The van der Waals surface area contributed by atoms with Crippen molar-refractivity contribution in [2.45, 2.75) is 26.8 Å². The molecule has 1 aromatic heterocycles. The SMILES string of the molecule is CCN(CC)c1ccc(C(=O)N[C@@H](C)C(=O)OC)cn1. The lowest BCUT2D eigenvalue weighted by atomic mass is 10.2. The molecule has 0 aliphatic rings. The maximum absolute atomic E-state index is 11.9. The number of anilines is 1. The fourth-order valence-corrected chi connectivity index (χ4v) is 1.77. The average Bonchev–Trinajstić information content (AvgIpc) is 2.48. The van der Waals surface area contributed by atoms with E-state index in [9.17, 15) is 9.59 Å². The largest absolute Gasteiger partial charge is 0.467 e. The first-order chi connectivity index (χ1) is 9.53. The van der Waals surface area contributed by atoms with Crippen LogP contribution >= 0.6 is 0 Å². The van der Waals surface area contributed by atoms with Crippen LogP contribution in [0.2, 0.25) is 0 Å². The van der Waals surface area contributed by atoms with Crippen molar-refractivity contribution in [3.63, 3.8) is 0 Å². The third-order valence-corrected chi connectivity index (χ3v) is 3.00. The standard InChI is InChI=1S/C14H21N3O3/c1-5-17(6-2)12-8-7-11(9-15-12)13(18)16-10(3)14(19)20-4/h7-10H,5-6H2,1-4H3,(H,16,18)/t10-/m0/s1. The Bertz CT molecular complexity index is 455. The van der Waals surface area contributed by atoms with Gasteiger partial charge in [0, 0.05) is 19.3 Å². The van der Waals surface area contributed by atoms with Gasteiger partial charge in [-0.1, -0.05) is 0 Å². The van der Waals surface area contributed by atoms with Crippen LogP contribution in [0.15, 0.2) is 18.3 Å². The molecule has 1 amide bonds. The minimum Gasteiger partial charge on any atom is -0.467 e. The number of carbonyl (C=O) groups is 2. The zero-order chi connectivity index (χ0) is 15.1. The van der Waals surface area contributed by atoms with Crippen molar-refractivity contribution in [3.05, 3.63) is 23.9 Å². The molecule has 0 aliphatic heterocycles. The predicted octanol–water partition coefficient (Wildman–Crippen LogP) is 1.22. The van der Waals surface area contributed by atoms with Crippen LogP contribution in [-0.4, -0.2) is 43.1 Å². The molecule has 0 fully saturated rings. The molecule has 1 N–H and O–H groups in total. The number of ether oxygens (including phenoxy) is 1. The lowest BCUT2D eigenvalue weighted by molar-refractivity contribution is -0.142. The molecule has 20 heavy (non-hydrogen) atoms. The van der Waals surface area contributed by atoms with Crippen LogP contribution in [0.4, 0.5) is 5.82 Å². The van der Waals surface area contributed by atoms with E-state index >= 15 is 0 Å². The summed E-state index contributed by atoms with van der Waals surface area (Å²) in [5, 5.41) is 2.56. The number of carbonyl (C=O) groups excluding carboxylic acids is 2. The van der Waals surface area contributed by atoms with Gasteiger partial charge in [0.25, 0.3) is 5.91 Å². The molecule has 0 saturated heterocycles. The van der Waals surface area contributed by atoms with Gasteiger partial charge in [0.2, 0.25) is 0 Å². The van der Waals surface area contributed by atoms with Crippen molar-refractivity contribution >= 4 is 17.7 Å². The lowest BCUT2D eigenvalue weighted by Crippen LogP contribution is -2.39. The Morgan fingerprint density at radius 3 is 2.45 bits per heavy atom. The Balaban J connectivity index is 2.73. The molecule has 0 radical (unpaired) electrons. The molecular formula is C14H21N3O3. The summed E-state index contributed by atoms with van der Waals surface area (Å²) in [6.45, 7) is 7.37. The molecule has 0 saturated carbocycles. The summed E-state index contributed by atoms with van der Waals surface area (Å²) in [7, 11) is 1.28. The highest BCUT2D eigenvalue weighted by Gasteiger charge is 2.17. The summed E-state index contributed by atoms with van der Waals surface area (Å²) < 4.78 is 4.55. The minimum absolute atomic E-state index is 0.346. The van der Waals surface area contributed by atoms with Gasteiger partial charge in [-0.25, -0.2) is 9.78 Å². The number of aromatic nitrogens is 1. The minimum atomic E-state index is -0.685. The molecule has 0 aliphatic carbocycles. The van der Waals surface area contributed by atoms with Crippen molar-refractivity contribution in [2.75, 3.05) is 25.1 Å². The number of amides is 1. The zero-order valence-corrected chi connectivity index (χ0v) is 12.3. The van der Waals surface area contributed by atoms with Crippen molar-refractivity contribution in [3.8, 4) is 0 Å². The number of nitrogens with one attached hydrogen (secondary N) is 1. The number of nitrogens with zero attached hydrogens (tertiary/aromatic N) is 2. The summed E-state index contributed by atoms with van der Waals surface area (Å²) in [5.41, 5.74) is 0.414. The summed E-state index contributed by atoms with van der Waals surface area (Å²) in [5.74, 6) is 0.000124. The number of esters is 1. The van der Waals surface area contributed by atoms with Crippen molar-refractivity contribution < 1.29 is 14.3 Å². The van der Waals surface area contributed by atoms with Gasteiger partial charge in [0.05, 0.1) is 12.7 Å². The van der Waals surface area contributed by atoms with Crippen molar-refractivity contribution in [2.24, 2.45) is 0 Å². The number of pyridine rings is 1. The van der Waals surface area contributed by atoms with Gasteiger partial charge in [-0.15, -0.1) is 0 Å². The molecule has 1 aromatic rings. The molecule has 0 spiro atoms. The highest BCUT2D eigenvalue weighted by molar-refractivity contribution is 5.96. The van der Waals surface area contributed by atoms with Gasteiger partial charge in [0.1, 0.15) is 11.9 Å². The molecule has 6 nitrogen and oxygen atoms in total. The van der Waals surface area contributed by atoms with Gasteiger partial charge in [-0.05, 0) is 32.9 Å². The van der Waals surface area contributed by atoms with Crippen molar-refractivity contribution in [1.29, 1.82) is 0 Å². The maximum atomic E-state index is 11.9. The summed E-state index contributed by atoms with van der Waals surface area (Å²) >= 11 is 0. The van der Waals surface area contributed by atoms with E-state index in [1.165, 1.54) is 13.3 Å². The van der Waals surface area contributed by atoms with Gasteiger partial charge in [0.15, 0.2) is 0 Å². The van der Waals surface area contributed by atoms with E-state index in [4.69, 9.17) is 0 Å². The third-order valence-electron chi connectivity index (χ3n) is 3.00. The molecule has 110 valence electrons. The fourth-order valence-electron chi connectivity index (χ4n) is 1.77. The zero-order valence-electron chi connectivity index (χ0n) is 12.3. The smallest absolute Gasteiger partial charge is 0.328 e. The van der Waals surface area contributed by atoms with E-state index < -0.39 is 12.0 Å². The first-order valence-corrected chi connectivity index (χ1v) is 6.63. The van der Waals surface area contributed by atoms with E-state index in [1.807, 2.05) is 13.8 Å². The van der Waals surface area contributed by atoms with Crippen LogP contribution < -0.4 is 10.2 Å². The molecule has 6 heteroatoms. The Kier molecular flexibility index (Phi) is 5.96. The molecule has 0 aromatic carbocycles. The summed E-state index contributed by atoms with van der Waals surface area (Å²) in [6.07, 6.45) is 1.51. The molecule has 1 heterocycles. The quantitative estimate of drug-likeness (QED) is 0.793. The molecular weight excluding hydrogens is 258 g/mol. The van der Waals surface area contributed by atoms with Gasteiger partial charge in [-0.2, -0.15) is 0 Å². The number of hydrogen-bond acceptors (Lipinski definition) is 5. The van der Waals surface area contributed by atoms with Gasteiger partial charge in [-0.3, -0.25) is 4.79 Å². The topological polar surface area (TPSA) is 71.5 Å². The number of methoxy groups -OCH3 is 1. The Labute approximate surface area is 119 Å². The van der Waals surface area contributed by atoms with E-state index in [2.05, 4.69) is 19.9 Å². The van der Waals surface area contributed by atoms with E-state index in [1.54, 1.807) is 19.1 Å². The second-order valence-corrected chi connectivity index (χ2v) is 4.30. The second kappa shape index (κ2) is 7.47. The number of rotatable bonds is 6. The third kappa shape index (κ3) is 3.94. The highest BCUT2D eigenvalue weighted by Crippen LogP contribution is 2.10. The maximum Gasteiger partial charge on any atom is 0.328 e. The van der Waals surface area contributed by atoms with Crippen LogP contribution in [0.5, 0.6) is 0 Å². The van der Waals surface area contributed by atoms with Gasteiger partial charge < -0.3 is 15.0 Å². The van der Waals surface area contributed by atoms with Crippen molar-refractivity contribution in [1.82, 2.24) is 10.3 Å². The first kappa shape index (κ1) is 15.9. The number of hydrogen-bond donors (Lipinski definition) is 1. The average molecular weight is 279 g/mol. The van der Waals surface area contributed by atoms with E-state index in [-0.39, 0.29) is 5.91 Å². The monoisotopic (exact) mass is 279 g/mol. The normalized spacial score (nSPS) is 11.6. The van der Waals surface area contributed by atoms with Crippen LogP contribution in [0.3, 0.4) is 0 Å². The van der Waals surface area contributed by atoms with Crippen LogP contribution in [0.25, 0.3) is 0 Å². The summed E-state index contributed by atoms with van der Waals surface area (Å²) in [4.78, 5) is 29.5. The van der Waals surface area contributed by atoms with E-state index in [0.717, 1.165) is 18.9 Å².